The number of hydrogen-bond acceptors (Lipinski definition) is 3. The van der Waals surface area contributed by atoms with Gasteiger partial charge in [-0.05, 0) is 57.4 Å². The summed E-state index contributed by atoms with van der Waals surface area (Å²) >= 11 is 0. The third-order valence-electron chi connectivity index (χ3n) is 10.7. The molecule has 2 saturated heterocycles. The van der Waals surface area contributed by atoms with Crippen LogP contribution in [-0.2, 0) is 6.54 Å². The van der Waals surface area contributed by atoms with E-state index in [0.717, 1.165) is 46.2 Å². The number of nitrogens with zero attached hydrogens (tertiary/aromatic N) is 2. The Bertz CT molecular complexity index is 1740. The monoisotopic (exact) mass is 513 g/mol. The van der Waals surface area contributed by atoms with E-state index in [1.54, 1.807) is 7.11 Å². The van der Waals surface area contributed by atoms with Crippen molar-refractivity contribution in [3.63, 3.8) is 0 Å². The van der Waals surface area contributed by atoms with E-state index in [-0.39, 0.29) is 11.6 Å². The first-order valence-electron chi connectivity index (χ1n) is 14.1. The third kappa shape index (κ3) is 2.93. The Labute approximate surface area is 228 Å². The number of aliphatic hydroxyl groups is 1. The summed E-state index contributed by atoms with van der Waals surface area (Å²) < 4.78 is 6.49. The minimum atomic E-state index is -0.584. The van der Waals surface area contributed by atoms with Gasteiger partial charge in [0.15, 0.2) is 0 Å². The first-order chi connectivity index (χ1) is 19.1. The lowest BCUT2D eigenvalue weighted by molar-refractivity contribution is -1.03. The number of fused-ring (bicyclic) bond motifs is 3. The van der Waals surface area contributed by atoms with Crippen molar-refractivity contribution >= 4 is 32.4 Å². The highest BCUT2D eigenvalue weighted by Gasteiger charge is 2.86. The standard InChI is InChI=1S/C35H33N2O2/c1-3-30-31-20-33(34(38)27-14-16-36-32-13-12-24(39-2)19-28(27)32)37(17-15-35(30,31)37)21-29-25-10-6-4-8-22(25)18-23-9-5-7-11-26(23)29/h3-14,16,18-19,30-31,33-34,38H,1,15,17,20-21H2,2H3/q+1. The maximum Gasteiger partial charge on any atom is 0.131 e. The molecule has 5 aromatic rings. The molecule has 1 aromatic heterocycles. The Morgan fingerprint density at radius 3 is 2.44 bits per heavy atom. The number of benzene rings is 4. The third-order valence-corrected chi connectivity index (χ3v) is 10.7. The topological polar surface area (TPSA) is 42.4 Å². The van der Waals surface area contributed by atoms with Crippen LogP contribution in [0.25, 0.3) is 32.4 Å². The van der Waals surface area contributed by atoms with Crippen molar-refractivity contribution in [1.82, 2.24) is 4.98 Å². The number of hydrogen-bond donors (Lipinski definition) is 1. The van der Waals surface area contributed by atoms with Gasteiger partial charge in [0.2, 0.25) is 0 Å². The zero-order chi connectivity index (χ0) is 26.4. The molecule has 3 fully saturated rings. The van der Waals surface area contributed by atoms with Crippen LogP contribution in [0.4, 0.5) is 0 Å². The minimum absolute atomic E-state index is 0.120. The van der Waals surface area contributed by atoms with Gasteiger partial charge in [0.05, 0.1) is 25.6 Å². The van der Waals surface area contributed by atoms with Gasteiger partial charge in [-0.1, -0.05) is 54.6 Å². The molecule has 1 spiro atoms. The molecule has 2 aliphatic heterocycles. The highest BCUT2D eigenvalue weighted by molar-refractivity contribution is 6.02. The van der Waals surface area contributed by atoms with E-state index in [4.69, 9.17) is 4.74 Å². The van der Waals surface area contributed by atoms with E-state index in [1.165, 1.54) is 33.5 Å². The molecule has 39 heavy (non-hydrogen) atoms. The van der Waals surface area contributed by atoms with Crippen molar-refractivity contribution in [2.75, 3.05) is 13.7 Å². The van der Waals surface area contributed by atoms with Crippen LogP contribution < -0.4 is 4.74 Å². The molecule has 3 aliphatic rings. The van der Waals surface area contributed by atoms with Crippen molar-refractivity contribution in [3.05, 3.63) is 109 Å². The van der Waals surface area contributed by atoms with Gasteiger partial charge in [-0.3, -0.25) is 4.98 Å². The molecule has 1 N–H and O–H groups in total. The quantitative estimate of drug-likeness (QED) is 0.152. The summed E-state index contributed by atoms with van der Waals surface area (Å²) in [6, 6.07) is 28.0. The number of methoxy groups -OCH3 is 1. The van der Waals surface area contributed by atoms with Crippen molar-refractivity contribution in [2.45, 2.75) is 37.1 Å². The van der Waals surface area contributed by atoms with Gasteiger partial charge >= 0.3 is 0 Å². The summed E-state index contributed by atoms with van der Waals surface area (Å²) in [6.07, 6.45) is 5.69. The lowest BCUT2D eigenvalue weighted by atomic mass is 9.84. The highest BCUT2D eigenvalue weighted by Crippen LogP contribution is 2.75. The van der Waals surface area contributed by atoms with Crippen LogP contribution in [0.2, 0.25) is 0 Å². The van der Waals surface area contributed by atoms with Gasteiger partial charge in [-0.15, -0.1) is 6.58 Å². The molecule has 6 unspecified atom stereocenters. The number of aliphatic hydroxyl groups excluding tert-OH is 1. The zero-order valence-corrected chi connectivity index (χ0v) is 22.3. The molecule has 6 atom stereocenters. The van der Waals surface area contributed by atoms with E-state index >= 15 is 0 Å². The normalized spacial score (nSPS) is 29.5. The fourth-order valence-corrected chi connectivity index (χ4v) is 8.87. The van der Waals surface area contributed by atoms with Crippen molar-refractivity contribution in [2.24, 2.45) is 11.8 Å². The SMILES string of the molecule is C=CC1C2CC(C(O)c3ccnc4ccc(OC)cc34)[N+]3(Cc4c5ccccc5cc5ccccc45)CCC123. The van der Waals surface area contributed by atoms with Crippen LogP contribution in [-0.4, -0.2) is 39.8 Å². The number of quaternary nitrogens is 1. The lowest BCUT2D eigenvalue weighted by Gasteiger charge is -2.57. The smallest absolute Gasteiger partial charge is 0.131 e. The maximum absolute atomic E-state index is 12.3. The second-order valence-corrected chi connectivity index (χ2v) is 11.9. The molecule has 0 amide bonds. The van der Waals surface area contributed by atoms with Gasteiger partial charge < -0.3 is 14.3 Å². The lowest BCUT2D eigenvalue weighted by Crippen LogP contribution is -2.70. The summed E-state index contributed by atoms with van der Waals surface area (Å²) in [5.74, 6) is 1.91. The number of ether oxygens (including phenoxy) is 1. The molecule has 8 rings (SSSR count). The summed E-state index contributed by atoms with van der Waals surface area (Å²) in [7, 11) is 1.69. The molecule has 194 valence electrons. The summed E-state index contributed by atoms with van der Waals surface area (Å²) in [5, 5.41) is 18.5. The number of pyridine rings is 1. The molecule has 3 heterocycles. The number of rotatable bonds is 6. The summed E-state index contributed by atoms with van der Waals surface area (Å²) in [5.41, 5.74) is 3.47. The highest BCUT2D eigenvalue weighted by atomic mass is 16.5. The van der Waals surface area contributed by atoms with Gasteiger partial charge in [-0.25, -0.2) is 0 Å². The first kappa shape index (κ1) is 23.2. The van der Waals surface area contributed by atoms with E-state index in [2.05, 4.69) is 72.2 Å². The Hall–Kier alpha value is -3.73. The molecule has 4 aromatic carbocycles. The molecule has 4 nitrogen and oxygen atoms in total. The maximum atomic E-state index is 12.3. The Balaban J connectivity index is 1.30. The number of piperidine rings is 1. The molecule has 1 saturated carbocycles. The van der Waals surface area contributed by atoms with E-state index in [1.807, 2.05) is 30.5 Å². The molecular weight excluding hydrogens is 480 g/mol. The Morgan fingerprint density at radius 2 is 1.77 bits per heavy atom. The van der Waals surface area contributed by atoms with Gasteiger partial charge in [0.1, 0.15) is 30.0 Å². The van der Waals surface area contributed by atoms with Crippen molar-refractivity contribution in [1.29, 1.82) is 0 Å². The van der Waals surface area contributed by atoms with Crippen LogP contribution >= 0.6 is 0 Å². The largest absolute Gasteiger partial charge is 0.497 e. The number of aromatic nitrogens is 1. The van der Waals surface area contributed by atoms with Crippen molar-refractivity contribution in [3.8, 4) is 5.75 Å². The summed E-state index contributed by atoms with van der Waals surface area (Å²) in [4.78, 5) is 4.59. The second-order valence-electron chi connectivity index (χ2n) is 11.9. The van der Waals surface area contributed by atoms with Gasteiger partial charge in [0.25, 0.3) is 0 Å². The zero-order valence-electron chi connectivity index (χ0n) is 22.3. The van der Waals surface area contributed by atoms with E-state index in [9.17, 15) is 5.11 Å². The van der Waals surface area contributed by atoms with Crippen LogP contribution in [0.5, 0.6) is 5.75 Å². The molecule has 1 aliphatic carbocycles. The Morgan fingerprint density at radius 1 is 1.03 bits per heavy atom. The molecule has 4 heteroatoms. The fourth-order valence-electron chi connectivity index (χ4n) is 8.87. The first-order valence-corrected chi connectivity index (χ1v) is 14.1. The Kier molecular flexibility index (Phi) is 4.84. The van der Waals surface area contributed by atoms with Crippen LogP contribution in [0.15, 0.2) is 97.7 Å². The average molecular weight is 514 g/mol. The van der Waals surface area contributed by atoms with Gasteiger partial charge in [0, 0.05) is 35.4 Å². The van der Waals surface area contributed by atoms with Crippen LogP contribution in [0, 0.1) is 11.8 Å². The average Bonchev–Trinajstić information content (AvgIpc) is 3.61. The van der Waals surface area contributed by atoms with Gasteiger partial charge in [-0.2, -0.15) is 0 Å². The summed E-state index contributed by atoms with van der Waals surface area (Å²) in [6.45, 7) is 6.27. The van der Waals surface area contributed by atoms with Crippen molar-refractivity contribution < 1.29 is 14.3 Å². The fraction of sp³-hybridized carbons (Fsp3) is 0.286. The molecule has 0 radical (unpaired) electrons. The van der Waals surface area contributed by atoms with Crippen LogP contribution in [0.3, 0.4) is 0 Å². The predicted molar refractivity (Wildman–Crippen MR) is 156 cm³/mol. The van der Waals surface area contributed by atoms with Crippen LogP contribution in [0.1, 0.15) is 30.1 Å². The second kappa shape index (κ2) is 8.14. The molecular formula is C35H33N2O2+. The minimum Gasteiger partial charge on any atom is -0.497 e. The van der Waals surface area contributed by atoms with E-state index in [0.29, 0.717) is 11.8 Å². The predicted octanol–water partition coefficient (Wildman–Crippen LogP) is 6.95. The van der Waals surface area contributed by atoms with E-state index < -0.39 is 6.10 Å². The molecule has 0 bridgehead atoms.